The number of halogens is 1. The molecule has 0 aromatic heterocycles. The number of aliphatic hydroxyl groups is 1. The van der Waals surface area contributed by atoms with Gasteiger partial charge in [-0.3, -0.25) is 4.79 Å². The molecule has 1 amide bonds. The third kappa shape index (κ3) is 3.48. The highest BCUT2D eigenvalue weighted by Crippen LogP contribution is 2.31. The molecule has 1 aliphatic carbocycles. The molecule has 0 spiro atoms. The summed E-state index contributed by atoms with van der Waals surface area (Å²) < 4.78 is 0. The van der Waals surface area contributed by atoms with E-state index in [1.807, 2.05) is 0 Å². The summed E-state index contributed by atoms with van der Waals surface area (Å²) in [6.45, 7) is 2.20. The second-order valence-corrected chi connectivity index (χ2v) is 6.02. The van der Waals surface area contributed by atoms with Crippen LogP contribution in [0.2, 0.25) is 5.02 Å². The zero-order valence-corrected chi connectivity index (χ0v) is 11.9. The summed E-state index contributed by atoms with van der Waals surface area (Å²) in [5.74, 6) is 0.508. The maximum Gasteiger partial charge on any atom is 0.251 e. The van der Waals surface area contributed by atoms with Crippen LogP contribution in [0, 0.1) is 5.92 Å². The first-order valence-electron chi connectivity index (χ1n) is 6.74. The van der Waals surface area contributed by atoms with Crippen LogP contribution in [-0.4, -0.2) is 23.2 Å². The molecule has 1 aliphatic rings. The highest BCUT2D eigenvalue weighted by Gasteiger charge is 2.35. The minimum atomic E-state index is -0.466. The number of hydrogen-bond donors (Lipinski definition) is 2. The molecule has 0 radical (unpaired) electrons. The summed E-state index contributed by atoms with van der Waals surface area (Å²) in [5, 5.41) is 13.2. The first-order valence-corrected chi connectivity index (χ1v) is 7.11. The van der Waals surface area contributed by atoms with Gasteiger partial charge in [0.05, 0.1) is 12.1 Å². The Hall–Kier alpha value is -1.06. The van der Waals surface area contributed by atoms with E-state index >= 15 is 0 Å². The summed E-state index contributed by atoms with van der Waals surface area (Å²) in [6, 6.07) is 6.87. The Kier molecular flexibility index (Phi) is 4.48. The van der Waals surface area contributed by atoms with Gasteiger partial charge in [-0.15, -0.1) is 0 Å². The lowest BCUT2D eigenvalue weighted by Gasteiger charge is -2.38. The summed E-state index contributed by atoms with van der Waals surface area (Å²) in [5.41, 5.74) is 0.0743. The van der Waals surface area contributed by atoms with Crippen molar-refractivity contribution in [1.82, 2.24) is 5.32 Å². The molecule has 19 heavy (non-hydrogen) atoms. The van der Waals surface area contributed by atoms with Gasteiger partial charge in [0.1, 0.15) is 0 Å². The summed E-state index contributed by atoms with van der Waals surface area (Å²) >= 11 is 5.89. The zero-order chi connectivity index (χ0) is 13.9. The maximum atomic E-state index is 12.2. The van der Waals surface area contributed by atoms with Gasteiger partial charge in [-0.05, 0) is 49.8 Å². The number of carbonyl (C=O) groups is 1. The summed E-state index contributed by atoms with van der Waals surface area (Å²) in [6.07, 6.45) is 3.74. The van der Waals surface area contributed by atoms with Crippen molar-refractivity contribution in [2.45, 2.75) is 38.1 Å². The zero-order valence-electron chi connectivity index (χ0n) is 11.2. The number of amides is 1. The molecule has 0 atom stereocenters. The van der Waals surface area contributed by atoms with Crippen molar-refractivity contribution in [3.05, 3.63) is 34.9 Å². The molecular formula is C15H20ClNO2. The van der Waals surface area contributed by atoms with Crippen LogP contribution in [0.4, 0.5) is 0 Å². The van der Waals surface area contributed by atoms with E-state index in [2.05, 4.69) is 12.2 Å². The number of hydrogen-bond acceptors (Lipinski definition) is 2. The molecule has 1 fully saturated rings. The first-order chi connectivity index (χ1) is 9.04. The van der Waals surface area contributed by atoms with Crippen molar-refractivity contribution in [2.24, 2.45) is 5.92 Å². The number of aliphatic hydroxyl groups excluding tert-OH is 1. The molecule has 0 bridgehead atoms. The van der Waals surface area contributed by atoms with Crippen LogP contribution in [0.3, 0.4) is 0 Å². The van der Waals surface area contributed by atoms with Gasteiger partial charge >= 0.3 is 0 Å². The van der Waals surface area contributed by atoms with E-state index < -0.39 is 5.54 Å². The topological polar surface area (TPSA) is 49.3 Å². The Balaban J connectivity index is 2.08. The fraction of sp³-hybridized carbons (Fsp3) is 0.533. The fourth-order valence-electron chi connectivity index (χ4n) is 2.58. The number of nitrogens with one attached hydrogen (secondary N) is 1. The second-order valence-electron chi connectivity index (χ2n) is 5.59. The van der Waals surface area contributed by atoms with Gasteiger partial charge < -0.3 is 10.4 Å². The van der Waals surface area contributed by atoms with E-state index in [0.29, 0.717) is 16.5 Å². The standard InChI is InChI=1S/C15H20ClNO2/c1-11-5-7-15(10-18,8-6-11)17-14(19)12-3-2-4-13(16)9-12/h2-4,9,11,18H,5-8,10H2,1H3,(H,17,19). The average molecular weight is 282 g/mol. The van der Waals surface area contributed by atoms with Gasteiger partial charge in [0.2, 0.25) is 0 Å². The largest absolute Gasteiger partial charge is 0.394 e. The minimum absolute atomic E-state index is 0.00791. The quantitative estimate of drug-likeness (QED) is 0.895. The van der Waals surface area contributed by atoms with Crippen molar-refractivity contribution >= 4 is 17.5 Å². The second kappa shape index (κ2) is 5.93. The SMILES string of the molecule is CC1CCC(CO)(NC(=O)c2cccc(Cl)c2)CC1. The molecule has 1 aromatic rings. The van der Waals surface area contributed by atoms with E-state index in [1.165, 1.54) is 0 Å². The molecule has 0 unspecified atom stereocenters. The van der Waals surface area contributed by atoms with Crippen LogP contribution in [0.1, 0.15) is 43.0 Å². The lowest BCUT2D eigenvalue weighted by molar-refractivity contribution is 0.0717. The van der Waals surface area contributed by atoms with Gasteiger partial charge in [-0.25, -0.2) is 0 Å². The van der Waals surface area contributed by atoms with Crippen molar-refractivity contribution in [2.75, 3.05) is 6.61 Å². The molecule has 3 nitrogen and oxygen atoms in total. The van der Waals surface area contributed by atoms with Crippen LogP contribution in [0.25, 0.3) is 0 Å². The lowest BCUT2D eigenvalue weighted by atomic mass is 9.77. The van der Waals surface area contributed by atoms with E-state index in [-0.39, 0.29) is 12.5 Å². The molecule has 0 heterocycles. The van der Waals surface area contributed by atoms with Gasteiger partial charge in [-0.2, -0.15) is 0 Å². The Morgan fingerprint density at radius 1 is 1.47 bits per heavy atom. The third-order valence-electron chi connectivity index (χ3n) is 4.00. The predicted octanol–water partition coefficient (Wildman–Crippen LogP) is 3.01. The number of benzene rings is 1. The van der Waals surface area contributed by atoms with Gasteiger partial charge in [-0.1, -0.05) is 24.6 Å². The Bertz CT molecular complexity index is 453. The highest BCUT2D eigenvalue weighted by molar-refractivity contribution is 6.30. The van der Waals surface area contributed by atoms with Crippen LogP contribution < -0.4 is 5.32 Å². The maximum absolute atomic E-state index is 12.2. The average Bonchev–Trinajstić information content (AvgIpc) is 2.42. The molecule has 0 saturated heterocycles. The molecule has 0 aliphatic heterocycles. The molecular weight excluding hydrogens is 262 g/mol. The van der Waals surface area contributed by atoms with Crippen LogP contribution in [0.15, 0.2) is 24.3 Å². The van der Waals surface area contributed by atoms with Gasteiger partial charge in [0.15, 0.2) is 0 Å². The molecule has 1 aromatic carbocycles. The first kappa shape index (κ1) is 14.4. The Morgan fingerprint density at radius 2 is 2.16 bits per heavy atom. The summed E-state index contributed by atoms with van der Waals surface area (Å²) in [4.78, 5) is 12.2. The van der Waals surface area contributed by atoms with E-state index in [9.17, 15) is 9.90 Å². The number of rotatable bonds is 3. The number of carbonyl (C=O) groups excluding carboxylic acids is 1. The lowest BCUT2D eigenvalue weighted by Crippen LogP contribution is -2.53. The van der Waals surface area contributed by atoms with Crippen molar-refractivity contribution in [3.8, 4) is 0 Å². The fourth-order valence-corrected chi connectivity index (χ4v) is 2.77. The minimum Gasteiger partial charge on any atom is -0.394 e. The molecule has 1 saturated carbocycles. The van der Waals surface area contributed by atoms with E-state index in [0.717, 1.165) is 25.7 Å². The van der Waals surface area contributed by atoms with Crippen molar-refractivity contribution in [3.63, 3.8) is 0 Å². The molecule has 2 N–H and O–H groups in total. The van der Waals surface area contributed by atoms with E-state index in [4.69, 9.17) is 11.6 Å². The van der Waals surface area contributed by atoms with E-state index in [1.54, 1.807) is 24.3 Å². The van der Waals surface area contributed by atoms with Crippen LogP contribution in [-0.2, 0) is 0 Å². The van der Waals surface area contributed by atoms with Crippen molar-refractivity contribution in [1.29, 1.82) is 0 Å². The van der Waals surface area contributed by atoms with Crippen LogP contribution in [0.5, 0.6) is 0 Å². The molecule has 104 valence electrons. The molecule has 4 heteroatoms. The highest BCUT2D eigenvalue weighted by atomic mass is 35.5. The van der Waals surface area contributed by atoms with Gasteiger partial charge in [0.25, 0.3) is 5.91 Å². The van der Waals surface area contributed by atoms with Crippen LogP contribution >= 0.6 is 11.6 Å². The molecule has 2 rings (SSSR count). The smallest absolute Gasteiger partial charge is 0.251 e. The predicted molar refractivity (Wildman–Crippen MR) is 76.4 cm³/mol. The third-order valence-corrected chi connectivity index (χ3v) is 4.23. The normalized spacial score (nSPS) is 27.0. The Morgan fingerprint density at radius 3 is 2.74 bits per heavy atom. The monoisotopic (exact) mass is 281 g/mol. The van der Waals surface area contributed by atoms with Gasteiger partial charge in [0, 0.05) is 10.6 Å². The summed E-state index contributed by atoms with van der Waals surface area (Å²) in [7, 11) is 0. The Labute approximate surface area is 119 Å². The van der Waals surface area contributed by atoms with Crippen molar-refractivity contribution < 1.29 is 9.90 Å².